The van der Waals surface area contributed by atoms with E-state index in [9.17, 15) is 9.59 Å². The molecule has 1 atom stereocenters. The van der Waals surface area contributed by atoms with Gasteiger partial charge >= 0.3 is 0 Å². The van der Waals surface area contributed by atoms with Crippen LogP contribution in [0.4, 0.5) is 17.2 Å². The Morgan fingerprint density at radius 3 is 2.53 bits per heavy atom. The maximum Gasteiger partial charge on any atom is 0.224 e. The average molecular weight is 409 g/mol. The highest BCUT2D eigenvalue weighted by atomic mass is 16.2. The first-order valence-electron chi connectivity index (χ1n) is 10.4. The molecule has 0 aliphatic heterocycles. The first-order valence-corrected chi connectivity index (χ1v) is 10.4. The van der Waals surface area contributed by atoms with E-state index < -0.39 is 0 Å². The van der Waals surface area contributed by atoms with Crippen molar-refractivity contribution in [2.24, 2.45) is 5.41 Å². The normalized spacial score (nSPS) is 15.5. The van der Waals surface area contributed by atoms with Gasteiger partial charge in [0.25, 0.3) is 0 Å². The van der Waals surface area contributed by atoms with Crippen molar-refractivity contribution in [2.45, 2.75) is 59.9 Å². The van der Waals surface area contributed by atoms with Crippen molar-refractivity contribution < 1.29 is 9.59 Å². The molecule has 2 amide bonds. The molecule has 1 aliphatic rings. The van der Waals surface area contributed by atoms with Crippen LogP contribution in [0.3, 0.4) is 0 Å². The van der Waals surface area contributed by atoms with Crippen LogP contribution in [0.5, 0.6) is 0 Å². The fourth-order valence-electron chi connectivity index (χ4n) is 3.87. The summed E-state index contributed by atoms with van der Waals surface area (Å²) in [5, 5.41) is 6.64. The zero-order valence-electron chi connectivity index (χ0n) is 18.8. The summed E-state index contributed by atoms with van der Waals surface area (Å²) in [6, 6.07) is 8.13. The van der Waals surface area contributed by atoms with Crippen LogP contribution in [0.15, 0.2) is 30.5 Å². The Labute approximate surface area is 179 Å². The minimum atomic E-state index is -0.0474. The Balaban J connectivity index is 1.72. The highest BCUT2D eigenvalue weighted by molar-refractivity contribution is 5.92. The molecule has 0 fully saturated rings. The molecule has 1 aromatic heterocycles. The number of rotatable bonds is 5. The van der Waals surface area contributed by atoms with E-state index >= 15 is 0 Å². The van der Waals surface area contributed by atoms with Crippen molar-refractivity contribution in [3.05, 3.63) is 47.2 Å². The smallest absolute Gasteiger partial charge is 0.224 e. The van der Waals surface area contributed by atoms with Crippen LogP contribution >= 0.6 is 0 Å². The number of anilines is 3. The molecule has 2 aromatic rings. The number of pyridine rings is 1. The SMILES string of the molecule is CC(=O)N(C)c1ccc(NC2CCc3c2ccc(NC(=O)CC(C)(C)C)c3C)cn1. The van der Waals surface area contributed by atoms with E-state index in [4.69, 9.17) is 0 Å². The van der Waals surface area contributed by atoms with Gasteiger partial charge in [-0.25, -0.2) is 4.98 Å². The van der Waals surface area contributed by atoms with Gasteiger partial charge in [0.1, 0.15) is 5.82 Å². The molecule has 0 bridgehead atoms. The summed E-state index contributed by atoms with van der Waals surface area (Å²) in [7, 11) is 1.71. The molecule has 0 spiro atoms. The van der Waals surface area contributed by atoms with Gasteiger partial charge in [0, 0.05) is 26.1 Å². The van der Waals surface area contributed by atoms with E-state index in [0.29, 0.717) is 12.2 Å². The molecule has 0 saturated heterocycles. The van der Waals surface area contributed by atoms with Gasteiger partial charge in [-0.2, -0.15) is 0 Å². The number of hydrogen-bond donors (Lipinski definition) is 2. The lowest BCUT2D eigenvalue weighted by Gasteiger charge is -2.20. The number of nitrogens with one attached hydrogen (secondary N) is 2. The second kappa shape index (κ2) is 8.46. The number of benzene rings is 1. The highest BCUT2D eigenvalue weighted by Crippen LogP contribution is 2.38. The van der Waals surface area contributed by atoms with Crippen molar-refractivity contribution in [3.8, 4) is 0 Å². The molecule has 6 nitrogen and oxygen atoms in total. The molecule has 0 saturated carbocycles. The summed E-state index contributed by atoms with van der Waals surface area (Å²) in [4.78, 5) is 29.7. The van der Waals surface area contributed by atoms with Crippen molar-refractivity contribution in [3.63, 3.8) is 0 Å². The zero-order chi connectivity index (χ0) is 22.1. The second-order valence-corrected chi connectivity index (χ2v) is 9.31. The highest BCUT2D eigenvalue weighted by Gasteiger charge is 2.26. The standard InChI is InChI=1S/C24H32N4O2/c1-15-18-8-11-21(26-17-7-12-22(25-14-17)28(6)16(2)29)19(18)9-10-20(15)27-23(30)13-24(3,4)5/h7,9-10,12,14,21,26H,8,11,13H2,1-6H3,(H,27,30). The Hall–Kier alpha value is -2.89. The maximum atomic E-state index is 12.3. The topological polar surface area (TPSA) is 74.3 Å². The molecular weight excluding hydrogens is 376 g/mol. The Morgan fingerprint density at radius 1 is 1.20 bits per heavy atom. The third kappa shape index (κ3) is 4.99. The van der Waals surface area contributed by atoms with Crippen molar-refractivity contribution in [2.75, 3.05) is 22.6 Å². The van der Waals surface area contributed by atoms with E-state index in [-0.39, 0.29) is 23.3 Å². The van der Waals surface area contributed by atoms with Gasteiger partial charge in [-0.05, 0) is 60.1 Å². The first kappa shape index (κ1) is 21.8. The third-order valence-corrected chi connectivity index (χ3v) is 5.56. The Morgan fingerprint density at radius 2 is 1.93 bits per heavy atom. The van der Waals surface area contributed by atoms with Crippen LogP contribution in [0.2, 0.25) is 0 Å². The lowest BCUT2D eigenvalue weighted by Crippen LogP contribution is -2.23. The summed E-state index contributed by atoms with van der Waals surface area (Å²) in [6.07, 6.45) is 4.22. The largest absolute Gasteiger partial charge is 0.377 e. The van der Waals surface area contributed by atoms with Gasteiger partial charge in [0.05, 0.1) is 17.9 Å². The number of carbonyl (C=O) groups is 2. The maximum absolute atomic E-state index is 12.3. The van der Waals surface area contributed by atoms with E-state index in [0.717, 1.165) is 29.8 Å². The molecule has 3 rings (SSSR count). The monoisotopic (exact) mass is 408 g/mol. The van der Waals surface area contributed by atoms with Gasteiger partial charge in [-0.3, -0.25) is 9.59 Å². The van der Waals surface area contributed by atoms with E-state index in [1.807, 2.05) is 18.2 Å². The quantitative estimate of drug-likeness (QED) is 0.742. The van der Waals surface area contributed by atoms with Crippen molar-refractivity contribution in [1.82, 2.24) is 4.98 Å². The van der Waals surface area contributed by atoms with Crippen molar-refractivity contribution >= 4 is 29.0 Å². The summed E-state index contributed by atoms with van der Waals surface area (Å²) in [5.74, 6) is 0.639. The molecular formula is C24H32N4O2. The number of carbonyl (C=O) groups excluding carboxylic acids is 2. The van der Waals surface area contributed by atoms with E-state index in [2.05, 4.69) is 49.4 Å². The van der Waals surface area contributed by atoms with Gasteiger partial charge in [0.2, 0.25) is 11.8 Å². The third-order valence-electron chi connectivity index (χ3n) is 5.56. The van der Waals surface area contributed by atoms with Gasteiger partial charge in [0.15, 0.2) is 0 Å². The van der Waals surface area contributed by atoms with Crippen LogP contribution in [-0.4, -0.2) is 23.8 Å². The van der Waals surface area contributed by atoms with E-state index in [1.54, 1.807) is 13.2 Å². The lowest BCUT2D eigenvalue weighted by molar-refractivity contribution is -0.118. The molecule has 0 radical (unpaired) electrons. The predicted molar refractivity (Wildman–Crippen MR) is 122 cm³/mol. The number of hydrogen-bond acceptors (Lipinski definition) is 4. The van der Waals surface area contributed by atoms with Gasteiger partial charge in [-0.15, -0.1) is 0 Å². The van der Waals surface area contributed by atoms with Gasteiger partial charge in [-0.1, -0.05) is 26.8 Å². The Kier molecular flexibility index (Phi) is 6.15. The van der Waals surface area contributed by atoms with Gasteiger partial charge < -0.3 is 15.5 Å². The number of aromatic nitrogens is 1. The molecule has 1 aromatic carbocycles. The lowest BCUT2D eigenvalue weighted by atomic mass is 9.92. The molecule has 2 N–H and O–H groups in total. The molecule has 6 heteroatoms. The summed E-state index contributed by atoms with van der Waals surface area (Å²) < 4.78 is 0. The molecule has 30 heavy (non-hydrogen) atoms. The summed E-state index contributed by atoms with van der Waals surface area (Å²) in [6.45, 7) is 9.81. The van der Waals surface area contributed by atoms with Crippen LogP contribution in [0, 0.1) is 12.3 Å². The molecule has 1 unspecified atom stereocenters. The van der Waals surface area contributed by atoms with Crippen LogP contribution in [0.25, 0.3) is 0 Å². The Bertz CT molecular complexity index is 945. The van der Waals surface area contributed by atoms with E-state index in [1.165, 1.54) is 23.0 Å². The first-order chi connectivity index (χ1) is 14.0. The fraction of sp³-hybridized carbons (Fsp3) is 0.458. The predicted octanol–water partition coefficient (Wildman–Crippen LogP) is 4.85. The number of amides is 2. The number of nitrogens with zero attached hydrogens (tertiary/aromatic N) is 2. The summed E-state index contributed by atoms with van der Waals surface area (Å²) in [5.41, 5.74) is 5.52. The number of fused-ring (bicyclic) bond motifs is 1. The van der Waals surface area contributed by atoms with Crippen LogP contribution in [0.1, 0.15) is 63.3 Å². The average Bonchev–Trinajstić information content (AvgIpc) is 3.06. The molecule has 160 valence electrons. The fourth-order valence-corrected chi connectivity index (χ4v) is 3.87. The second-order valence-electron chi connectivity index (χ2n) is 9.31. The minimum absolute atomic E-state index is 0.0352. The van der Waals surface area contributed by atoms with Crippen LogP contribution in [-0.2, 0) is 16.0 Å². The molecule has 1 heterocycles. The minimum Gasteiger partial charge on any atom is -0.377 e. The van der Waals surface area contributed by atoms with Crippen molar-refractivity contribution in [1.29, 1.82) is 0 Å². The summed E-state index contributed by atoms with van der Waals surface area (Å²) >= 11 is 0. The molecule has 1 aliphatic carbocycles. The zero-order valence-corrected chi connectivity index (χ0v) is 18.8. The van der Waals surface area contributed by atoms with Crippen LogP contribution < -0.4 is 15.5 Å².